The van der Waals surface area contributed by atoms with E-state index in [0.717, 1.165) is 12.0 Å². The normalized spacial score (nSPS) is 10.2. The summed E-state index contributed by atoms with van der Waals surface area (Å²) in [6, 6.07) is 11.5. The van der Waals surface area contributed by atoms with Crippen molar-refractivity contribution in [3.8, 4) is 11.5 Å². The van der Waals surface area contributed by atoms with E-state index in [1.807, 2.05) is 19.1 Å². The highest BCUT2D eigenvalue weighted by Crippen LogP contribution is 2.32. The topological polar surface area (TPSA) is 69.4 Å². The molecule has 0 heterocycles. The number of nitro benzene ring substituents is 1. The number of hydrogen-bond acceptors (Lipinski definition) is 4. The maximum Gasteiger partial charge on any atom is 0.312 e. The predicted molar refractivity (Wildman–Crippen MR) is 79.0 cm³/mol. The van der Waals surface area contributed by atoms with Gasteiger partial charge in [-0.2, -0.15) is 0 Å². The molecule has 0 aliphatic rings. The summed E-state index contributed by atoms with van der Waals surface area (Å²) in [5.74, 6) is 0.414. The number of Topliss-reactive ketones (excluding diaryl/α,β-unsaturated/α-hetero) is 1. The number of carbonyl (C=O) groups excluding carboxylic acids is 1. The summed E-state index contributed by atoms with van der Waals surface area (Å²) in [4.78, 5) is 21.8. The third-order valence-electron chi connectivity index (χ3n) is 3.12. The van der Waals surface area contributed by atoms with Gasteiger partial charge in [0.2, 0.25) is 5.75 Å². The molecule has 0 unspecified atom stereocenters. The van der Waals surface area contributed by atoms with Crippen molar-refractivity contribution in [3.63, 3.8) is 0 Å². The summed E-state index contributed by atoms with van der Waals surface area (Å²) in [7, 11) is 0. The average Bonchev–Trinajstić information content (AvgIpc) is 2.48. The first-order valence-electron chi connectivity index (χ1n) is 6.57. The molecule has 2 rings (SSSR count). The van der Waals surface area contributed by atoms with Crippen molar-refractivity contribution in [2.45, 2.75) is 20.3 Å². The lowest BCUT2D eigenvalue weighted by atomic mass is 10.1. The molecule has 0 spiro atoms. The zero-order valence-electron chi connectivity index (χ0n) is 11.8. The van der Waals surface area contributed by atoms with Gasteiger partial charge in [-0.15, -0.1) is 0 Å². The van der Waals surface area contributed by atoms with E-state index in [-0.39, 0.29) is 22.8 Å². The largest absolute Gasteiger partial charge is 0.450 e. The molecule has 0 atom stereocenters. The number of rotatable bonds is 5. The van der Waals surface area contributed by atoms with Crippen LogP contribution in [0.1, 0.15) is 29.8 Å². The number of nitro groups is 1. The highest BCUT2D eigenvalue weighted by atomic mass is 16.6. The molecule has 5 heteroatoms. The maximum absolute atomic E-state index is 11.3. The molecule has 108 valence electrons. The van der Waals surface area contributed by atoms with Crippen LogP contribution in [0.5, 0.6) is 11.5 Å². The van der Waals surface area contributed by atoms with Gasteiger partial charge in [0.05, 0.1) is 4.92 Å². The van der Waals surface area contributed by atoms with Crippen LogP contribution in [0, 0.1) is 10.1 Å². The summed E-state index contributed by atoms with van der Waals surface area (Å²) >= 11 is 0. The average molecular weight is 285 g/mol. The Balaban J connectivity index is 2.34. The Morgan fingerprint density at radius 1 is 1.19 bits per heavy atom. The zero-order chi connectivity index (χ0) is 15.4. The fourth-order valence-corrected chi connectivity index (χ4v) is 1.89. The molecule has 0 saturated heterocycles. The summed E-state index contributed by atoms with van der Waals surface area (Å²) in [6.07, 6.45) is 0.910. The van der Waals surface area contributed by atoms with Crippen LogP contribution >= 0.6 is 0 Å². The van der Waals surface area contributed by atoms with Gasteiger partial charge >= 0.3 is 5.69 Å². The fourth-order valence-electron chi connectivity index (χ4n) is 1.89. The van der Waals surface area contributed by atoms with Crippen LogP contribution in [-0.2, 0) is 6.42 Å². The van der Waals surface area contributed by atoms with Crippen LogP contribution in [0.4, 0.5) is 5.69 Å². The van der Waals surface area contributed by atoms with Gasteiger partial charge < -0.3 is 4.74 Å². The molecule has 21 heavy (non-hydrogen) atoms. The number of ketones is 1. The lowest BCUT2D eigenvalue weighted by Crippen LogP contribution is -1.98. The van der Waals surface area contributed by atoms with Gasteiger partial charge in [-0.1, -0.05) is 19.1 Å². The van der Waals surface area contributed by atoms with Crippen LogP contribution in [0.3, 0.4) is 0 Å². The van der Waals surface area contributed by atoms with Crippen molar-refractivity contribution in [2.75, 3.05) is 0 Å². The first-order valence-corrected chi connectivity index (χ1v) is 6.57. The molecule has 0 radical (unpaired) electrons. The van der Waals surface area contributed by atoms with Gasteiger partial charge in [-0.05, 0) is 43.2 Å². The lowest BCUT2D eigenvalue weighted by Gasteiger charge is -2.07. The second kappa shape index (κ2) is 6.17. The van der Waals surface area contributed by atoms with Gasteiger partial charge in [-0.25, -0.2) is 0 Å². The van der Waals surface area contributed by atoms with Crippen LogP contribution in [0.15, 0.2) is 42.5 Å². The minimum absolute atomic E-state index is 0.120. The van der Waals surface area contributed by atoms with Crippen LogP contribution in [-0.4, -0.2) is 10.7 Å². The van der Waals surface area contributed by atoms with Crippen LogP contribution in [0.2, 0.25) is 0 Å². The Hall–Kier alpha value is -2.69. The quantitative estimate of drug-likeness (QED) is 0.470. The molecule has 0 amide bonds. The fraction of sp³-hybridized carbons (Fsp3) is 0.188. The highest BCUT2D eigenvalue weighted by molar-refractivity contribution is 5.95. The van der Waals surface area contributed by atoms with E-state index in [1.54, 1.807) is 12.1 Å². The van der Waals surface area contributed by atoms with E-state index in [2.05, 4.69) is 0 Å². The second-order valence-electron chi connectivity index (χ2n) is 4.60. The third kappa shape index (κ3) is 3.45. The smallest absolute Gasteiger partial charge is 0.312 e. The second-order valence-corrected chi connectivity index (χ2v) is 4.60. The molecule has 0 aliphatic heterocycles. The number of benzene rings is 2. The minimum Gasteiger partial charge on any atom is -0.450 e. The van der Waals surface area contributed by atoms with Crippen molar-refractivity contribution in [1.29, 1.82) is 0 Å². The first-order chi connectivity index (χ1) is 10.0. The van der Waals surface area contributed by atoms with Crippen LogP contribution in [0.25, 0.3) is 0 Å². The van der Waals surface area contributed by atoms with E-state index >= 15 is 0 Å². The van der Waals surface area contributed by atoms with E-state index in [9.17, 15) is 14.9 Å². The summed E-state index contributed by atoms with van der Waals surface area (Å²) < 4.78 is 5.55. The molecule has 0 aliphatic carbocycles. The molecule has 2 aromatic carbocycles. The van der Waals surface area contributed by atoms with Crippen LogP contribution < -0.4 is 4.74 Å². The number of hydrogen-bond donors (Lipinski definition) is 0. The van der Waals surface area contributed by atoms with Crippen molar-refractivity contribution in [1.82, 2.24) is 0 Å². The monoisotopic (exact) mass is 285 g/mol. The molecule has 0 saturated carbocycles. The molecular formula is C16H15NO4. The Labute approximate surface area is 122 Å². The van der Waals surface area contributed by atoms with Crippen molar-refractivity contribution in [2.24, 2.45) is 0 Å². The maximum atomic E-state index is 11.3. The number of ether oxygens (including phenoxy) is 1. The molecule has 0 bridgehead atoms. The number of nitrogens with zero attached hydrogens (tertiary/aromatic N) is 1. The molecule has 5 nitrogen and oxygen atoms in total. The molecule has 0 aromatic heterocycles. The van der Waals surface area contributed by atoms with Crippen molar-refractivity contribution >= 4 is 11.5 Å². The Morgan fingerprint density at radius 2 is 1.86 bits per heavy atom. The predicted octanol–water partition coefficient (Wildman–Crippen LogP) is 4.15. The highest BCUT2D eigenvalue weighted by Gasteiger charge is 2.18. The Kier molecular flexibility index (Phi) is 4.33. The molecule has 0 N–H and O–H groups in total. The zero-order valence-corrected chi connectivity index (χ0v) is 11.8. The minimum atomic E-state index is -0.553. The standard InChI is InChI=1S/C16H15NO4/c1-3-12-4-7-14(8-5-12)21-16-9-6-13(11(2)18)10-15(16)17(19)20/h4-10H,3H2,1-2H3. The van der Waals surface area contributed by atoms with Gasteiger partial charge in [0.25, 0.3) is 0 Å². The Bertz CT molecular complexity index is 677. The van der Waals surface area contributed by atoms with Gasteiger partial charge in [0.15, 0.2) is 5.78 Å². The van der Waals surface area contributed by atoms with E-state index in [0.29, 0.717) is 5.75 Å². The summed E-state index contributed by atoms with van der Waals surface area (Å²) in [5, 5.41) is 11.1. The van der Waals surface area contributed by atoms with Crippen molar-refractivity contribution < 1.29 is 14.5 Å². The first kappa shape index (κ1) is 14.7. The van der Waals surface area contributed by atoms with Gasteiger partial charge in [-0.3, -0.25) is 14.9 Å². The third-order valence-corrected chi connectivity index (χ3v) is 3.12. The van der Waals surface area contributed by atoms with Gasteiger partial charge in [0.1, 0.15) is 5.75 Å². The van der Waals surface area contributed by atoms with E-state index < -0.39 is 4.92 Å². The van der Waals surface area contributed by atoms with Crippen molar-refractivity contribution in [3.05, 3.63) is 63.7 Å². The number of aryl methyl sites for hydroxylation is 1. The van der Waals surface area contributed by atoms with Gasteiger partial charge in [0, 0.05) is 11.6 Å². The van der Waals surface area contributed by atoms with E-state index in [1.165, 1.54) is 25.1 Å². The molecule has 0 fully saturated rings. The van der Waals surface area contributed by atoms with E-state index in [4.69, 9.17) is 4.74 Å². The lowest BCUT2D eigenvalue weighted by molar-refractivity contribution is -0.385. The SMILES string of the molecule is CCc1ccc(Oc2ccc(C(C)=O)cc2[N+](=O)[O-])cc1. The number of carbonyl (C=O) groups is 1. The Morgan fingerprint density at radius 3 is 2.38 bits per heavy atom. The summed E-state index contributed by atoms with van der Waals surface area (Å²) in [5.41, 5.74) is 1.22. The summed E-state index contributed by atoms with van der Waals surface area (Å²) in [6.45, 7) is 3.41. The molecular weight excluding hydrogens is 270 g/mol. The molecule has 2 aromatic rings.